The standard InChI is InChI=1S/C15H23N3O2S/c1-5-11-6-8-12(9-7-11)20-10-13(19)17-18-14(21)16-15(2,3)4/h6-9H,5,10H2,1-4H3,(H,17,19)(H2,16,18,21). The summed E-state index contributed by atoms with van der Waals surface area (Å²) in [6.07, 6.45) is 0.975. The summed E-state index contributed by atoms with van der Waals surface area (Å²) in [7, 11) is 0. The highest BCUT2D eigenvalue weighted by atomic mass is 32.1. The van der Waals surface area contributed by atoms with E-state index in [2.05, 4.69) is 23.1 Å². The Kier molecular flexibility index (Phi) is 6.42. The van der Waals surface area contributed by atoms with Gasteiger partial charge >= 0.3 is 0 Å². The van der Waals surface area contributed by atoms with Crippen molar-refractivity contribution in [1.29, 1.82) is 0 Å². The maximum Gasteiger partial charge on any atom is 0.276 e. The Morgan fingerprint density at radius 3 is 2.33 bits per heavy atom. The molecule has 0 saturated carbocycles. The normalized spacial score (nSPS) is 10.7. The van der Waals surface area contributed by atoms with E-state index in [-0.39, 0.29) is 18.1 Å². The van der Waals surface area contributed by atoms with Gasteiger partial charge in [-0.1, -0.05) is 19.1 Å². The smallest absolute Gasteiger partial charge is 0.276 e. The lowest BCUT2D eigenvalue weighted by Crippen LogP contribution is -2.52. The molecule has 0 aliphatic heterocycles. The third-order valence-electron chi connectivity index (χ3n) is 2.51. The minimum atomic E-state index is -0.298. The molecule has 0 aliphatic carbocycles. The molecule has 0 aliphatic rings. The number of ether oxygens (including phenoxy) is 1. The number of carbonyl (C=O) groups is 1. The van der Waals surface area contributed by atoms with Gasteiger partial charge in [-0.2, -0.15) is 0 Å². The number of benzene rings is 1. The zero-order chi connectivity index (χ0) is 15.9. The summed E-state index contributed by atoms with van der Waals surface area (Å²) in [6, 6.07) is 7.67. The highest BCUT2D eigenvalue weighted by molar-refractivity contribution is 7.80. The van der Waals surface area contributed by atoms with Crippen LogP contribution in [-0.2, 0) is 11.2 Å². The van der Waals surface area contributed by atoms with E-state index < -0.39 is 0 Å². The van der Waals surface area contributed by atoms with Gasteiger partial charge in [0.05, 0.1) is 0 Å². The van der Waals surface area contributed by atoms with Crippen LogP contribution >= 0.6 is 12.2 Å². The van der Waals surface area contributed by atoms with Crippen LogP contribution in [0.2, 0.25) is 0 Å². The van der Waals surface area contributed by atoms with E-state index in [0.29, 0.717) is 10.9 Å². The quantitative estimate of drug-likeness (QED) is 0.586. The topological polar surface area (TPSA) is 62.4 Å². The lowest BCUT2D eigenvalue weighted by Gasteiger charge is -2.23. The number of nitrogens with one attached hydrogen (secondary N) is 3. The van der Waals surface area contributed by atoms with Crippen LogP contribution in [0.4, 0.5) is 0 Å². The summed E-state index contributed by atoms with van der Waals surface area (Å²) in [4.78, 5) is 11.6. The first-order valence-corrected chi connectivity index (χ1v) is 7.29. The van der Waals surface area contributed by atoms with Gasteiger partial charge in [0, 0.05) is 5.54 Å². The predicted octanol–water partition coefficient (Wildman–Crippen LogP) is 1.92. The molecule has 0 heterocycles. The second kappa shape index (κ2) is 7.83. The number of amides is 1. The van der Waals surface area contributed by atoms with Crippen LogP contribution in [-0.4, -0.2) is 23.2 Å². The van der Waals surface area contributed by atoms with Gasteiger partial charge in [0.25, 0.3) is 5.91 Å². The van der Waals surface area contributed by atoms with Crippen molar-refractivity contribution in [2.24, 2.45) is 0 Å². The second-order valence-corrected chi connectivity index (χ2v) is 6.07. The predicted molar refractivity (Wildman–Crippen MR) is 88.1 cm³/mol. The van der Waals surface area contributed by atoms with Crippen molar-refractivity contribution in [1.82, 2.24) is 16.2 Å². The summed E-state index contributed by atoms with van der Waals surface area (Å²) in [6.45, 7) is 7.95. The number of rotatable bonds is 4. The molecule has 1 amide bonds. The zero-order valence-electron chi connectivity index (χ0n) is 12.9. The summed E-state index contributed by atoms with van der Waals surface area (Å²) >= 11 is 5.05. The van der Waals surface area contributed by atoms with Crippen LogP contribution in [0.25, 0.3) is 0 Å². The lowest BCUT2D eigenvalue weighted by atomic mass is 10.1. The van der Waals surface area contributed by atoms with Crippen molar-refractivity contribution < 1.29 is 9.53 Å². The first kappa shape index (κ1) is 17.2. The molecular weight excluding hydrogens is 286 g/mol. The van der Waals surface area contributed by atoms with E-state index in [1.165, 1.54) is 5.56 Å². The molecule has 6 heteroatoms. The first-order valence-electron chi connectivity index (χ1n) is 6.89. The Hall–Kier alpha value is -1.82. The second-order valence-electron chi connectivity index (χ2n) is 5.66. The van der Waals surface area contributed by atoms with E-state index in [9.17, 15) is 4.79 Å². The molecule has 0 fully saturated rings. The number of aryl methyl sites for hydroxylation is 1. The van der Waals surface area contributed by atoms with Crippen LogP contribution in [0.5, 0.6) is 5.75 Å². The molecule has 0 bridgehead atoms. The molecule has 1 aromatic rings. The van der Waals surface area contributed by atoms with Crippen molar-refractivity contribution in [2.75, 3.05) is 6.61 Å². The average Bonchev–Trinajstić information content (AvgIpc) is 2.41. The third-order valence-corrected chi connectivity index (χ3v) is 2.71. The molecule has 0 aromatic heterocycles. The summed E-state index contributed by atoms with van der Waals surface area (Å²) < 4.78 is 5.38. The molecule has 1 rings (SSSR count). The number of thiocarbonyl (C=S) groups is 1. The number of hydrogen-bond acceptors (Lipinski definition) is 3. The average molecular weight is 309 g/mol. The minimum absolute atomic E-state index is 0.0728. The van der Waals surface area contributed by atoms with Gasteiger partial charge in [0.15, 0.2) is 11.7 Å². The Morgan fingerprint density at radius 1 is 1.19 bits per heavy atom. The van der Waals surface area contributed by atoms with Crippen molar-refractivity contribution in [3.05, 3.63) is 29.8 Å². The summed E-state index contributed by atoms with van der Waals surface area (Å²) in [5.41, 5.74) is 6.18. The van der Waals surface area contributed by atoms with Gasteiger partial charge in [-0.15, -0.1) is 0 Å². The van der Waals surface area contributed by atoms with Gasteiger partial charge in [-0.3, -0.25) is 15.6 Å². The Balaban J connectivity index is 2.29. The van der Waals surface area contributed by atoms with Crippen LogP contribution in [0.15, 0.2) is 24.3 Å². The van der Waals surface area contributed by atoms with Crippen molar-refractivity contribution >= 4 is 23.2 Å². The molecule has 21 heavy (non-hydrogen) atoms. The van der Waals surface area contributed by atoms with Crippen molar-refractivity contribution in [3.63, 3.8) is 0 Å². The maximum atomic E-state index is 11.6. The Bertz CT molecular complexity index is 481. The largest absolute Gasteiger partial charge is 0.484 e. The van der Waals surface area contributed by atoms with E-state index >= 15 is 0 Å². The molecule has 0 spiro atoms. The fourth-order valence-electron chi connectivity index (χ4n) is 1.50. The van der Waals surface area contributed by atoms with Gasteiger partial charge in [-0.25, -0.2) is 0 Å². The fraction of sp³-hybridized carbons (Fsp3) is 0.467. The first-order chi connectivity index (χ1) is 9.80. The molecular formula is C15H23N3O2S. The minimum Gasteiger partial charge on any atom is -0.484 e. The van der Waals surface area contributed by atoms with Crippen LogP contribution in [0.1, 0.15) is 33.3 Å². The monoisotopic (exact) mass is 309 g/mol. The lowest BCUT2D eigenvalue weighted by molar-refractivity contribution is -0.123. The molecule has 116 valence electrons. The van der Waals surface area contributed by atoms with Gasteiger partial charge in [0.2, 0.25) is 0 Å². The van der Waals surface area contributed by atoms with Crippen LogP contribution < -0.4 is 20.9 Å². The summed E-state index contributed by atoms with van der Waals surface area (Å²) in [5.74, 6) is 0.366. The van der Waals surface area contributed by atoms with Gasteiger partial charge in [0.1, 0.15) is 5.75 Å². The van der Waals surface area contributed by atoms with E-state index in [4.69, 9.17) is 17.0 Å². The van der Waals surface area contributed by atoms with E-state index in [1.54, 1.807) is 0 Å². The fourth-order valence-corrected chi connectivity index (χ4v) is 1.86. The molecule has 0 saturated heterocycles. The van der Waals surface area contributed by atoms with Crippen molar-refractivity contribution in [2.45, 2.75) is 39.7 Å². The van der Waals surface area contributed by atoms with Crippen LogP contribution in [0.3, 0.4) is 0 Å². The van der Waals surface area contributed by atoms with Gasteiger partial charge in [-0.05, 0) is 57.1 Å². The molecule has 0 unspecified atom stereocenters. The zero-order valence-corrected chi connectivity index (χ0v) is 13.8. The number of carbonyl (C=O) groups excluding carboxylic acids is 1. The Morgan fingerprint density at radius 2 is 1.81 bits per heavy atom. The van der Waals surface area contributed by atoms with E-state index in [0.717, 1.165) is 6.42 Å². The van der Waals surface area contributed by atoms with E-state index in [1.807, 2.05) is 45.0 Å². The highest BCUT2D eigenvalue weighted by Gasteiger charge is 2.11. The molecule has 0 atom stereocenters. The van der Waals surface area contributed by atoms with Crippen LogP contribution in [0, 0.1) is 0 Å². The SMILES string of the molecule is CCc1ccc(OCC(=O)NNC(=S)NC(C)(C)C)cc1. The highest BCUT2D eigenvalue weighted by Crippen LogP contribution is 2.12. The molecule has 0 radical (unpaired) electrons. The molecule has 5 nitrogen and oxygen atoms in total. The summed E-state index contributed by atoms with van der Waals surface area (Å²) in [5, 5.41) is 3.39. The van der Waals surface area contributed by atoms with Crippen molar-refractivity contribution in [3.8, 4) is 5.75 Å². The third kappa shape index (κ3) is 7.51. The Labute approximate surface area is 131 Å². The molecule has 3 N–H and O–H groups in total. The molecule has 1 aromatic carbocycles. The number of hydrazine groups is 1. The maximum absolute atomic E-state index is 11.6. The van der Waals surface area contributed by atoms with Gasteiger partial charge < -0.3 is 10.1 Å². The number of hydrogen-bond donors (Lipinski definition) is 3.